The van der Waals surface area contributed by atoms with Gasteiger partial charge >= 0.3 is 5.97 Å². The van der Waals surface area contributed by atoms with Gasteiger partial charge in [-0.25, -0.2) is 4.79 Å². The Kier molecular flexibility index (Phi) is 5.88. The van der Waals surface area contributed by atoms with Crippen molar-refractivity contribution in [3.05, 3.63) is 58.3 Å². The Balaban J connectivity index is 2.35. The quantitative estimate of drug-likeness (QED) is 0.502. The zero-order chi connectivity index (χ0) is 19.6. The Morgan fingerprint density at radius 3 is 2.30 bits per heavy atom. The molecule has 0 amide bonds. The Bertz CT molecular complexity index is 981. The number of carbonyl (C=O) groups excluding carboxylic acids is 1. The second-order valence-electron chi connectivity index (χ2n) is 6.07. The number of nitrogens with zero attached hydrogens (tertiary/aromatic N) is 2. The van der Waals surface area contributed by atoms with E-state index in [9.17, 15) is 4.79 Å². The summed E-state index contributed by atoms with van der Waals surface area (Å²) in [6, 6.07) is 9.13. The molecule has 0 atom stereocenters. The summed E-state index contributed by atoms with van der Waals surface area (Å²) >= 11 is 12.4. The maximum atomic E-state index is 12.4. The average Bonchev–Trinajstić information content (AvgIpc) is 2.67. The van der Waals surface area contributed by atoms with E-state index in [1.54, 1.807) is 24.5 Å². The first-order valence-electron chi connectivity index (χ1n) is 8.70. The van der Waals surface area contributed by atoms with Crippen molar-refractivity contribution in [3.63, 3.8) is 0 Å². The number of ether oxygens (including phenoxy) is 1. The van der Waals surface area contributed by atoms with Crippen LogP contribution in [0.4, 0.5) is 5.69 Å². The van der Waals surface area contributed by atoms with Crippen molar-refractivity contribution < 1.29 is 9.53 Å². The van der Waals surface area contributed by atoms with Gasteiger partial charge in [-0.15, -0.1) is 0 Å². The minimum atomic E-state index is -0.366. The lowest BCUT2D eigenvalue weighted by atomic mass is 9.97. The van der Waals surface area contributed by atoms with E-state index < -0.39 is 0 Å². The third kappa shape index (κ3) is 3.73. The zero-order valence-electron chi connectivity index (χ0n) is 15.4. The van der Waals surface area contributed by atoms with Crippen LogP contribution in [0.2, 0.25) is 10.0 Å². The summed E-state index contributed by atoms with van der Waals surface area (Å²) < 4.78 is 4.99. The first kappa shape index (κ1) is 19.5. The van der Waals surface area contributed by atoms with E-state index in [1.165, 1.54) is 7.11 Å². The summed E-state index contributed by atoms with van der Waals surface area (Å²) in [6.07, 6.45) is 3.57. The van der Waals surface area contributed by atoms with Gasteiger partial charge in [0.2, 0.25) is 0 Å². The topological polar surface area (TPSA) is 42.4 Å². The number of anilines is 1. The van der Waals surface area contributed by atoms with Crippen LogP contribution in [0.5, 0.6) is 0 Å². The van der Waals surface area contributed by atoms with E-state index in [1.807, 2.05) is 18.2 Å². The molecule has 1 heterocycles. The molecule has 0 aliphatic carbocycles. The van der Waals surface area contributed by atoms with Crippen LogP contribution in [0.1, 0.15) is 24.2 Å². The van der Waals surface area contributed by atoms with Crippen molar-refractivity contribution in [3.8, 4) is 11.1 Å². The fraction of sp³-hybridized carbons (Fsp3) is 0.238. The number of methoxy groups -OCH3 is 1. The summed E-state index contributed by atoms with van der Waals surface area (Å²) in [5, 5.41) is 2.97. The van der Waals surface area contributed by atoms with Crippen LogP contribution >= 0.6 is 23.2 Å². The standard InChI is InChI=1S/C21H20Cl2N2O2/c1-4-25(5-2)20-17(21(26)27-3)7-6-16-18(11-24-12-19(16)20)13-8-14(22)10-15(23)9-13/h6-12H,4-5H2,1-3H3. The number of hydrogen-bond donors (Lipinski definition) is 0. The fourth-order valence-corrected chi connectivity index (χ4v) is 3.85. The van der Waals surface area contributed by atoms with Crippen molar-refractivity contribution in [1.29, 1.82) is 0 Å². The molecule has 0 N–H and O–H groups in total. The summed E-state index contributed by atoms with van der Waals surface area (Å²) in [5.74, 6) is -0.366. The molecular formula is C21H20Cl2N2O2. The van der Waals surface area contributed by atoms with E-state index in [4.69, 9.17) is 27.9 Å². The van der Waals surface area contributed by atoms with Gasteiger partial charge in [-0.1, -0.05) is 29.3 Å². The Morgan fingerprint density at radius 1 is 1.04 bits per heavy atom. The molecule has 0 radical (unpaired) electrons. The maximum Gasteiger partial charge on any atom is 0.339 e. The second-order valence-corrected chi connectivity index (χ2v) is 6.94. The van der Waals surface area contributed by atoms with Crippen LogP contribution in [-0.2, 0) is 4.74 Å². The van der Waals surface area contributed by atoms with Gasteiger partial charge < -0.3 is 9.64 Å². The highest BCUT2D eigenvalue weighted by Crippen LogP contribution is 2.37. The first-order valence-corrected chi connectivity index (χ1v) is 9.46. The predicted molar refractivity (Wildman–Crippen MR) is 112 cm³/mol. The van der Waals surface area contributed by atoms with E-state index >= 15 is 0 Å². The van der Waals surface area contributed by atoms with Gasteiger partial charge in [0.25, 0.3) is 0 Å². The summed E-state index contributed by atoms with van der Waals surface area (Å²) in [6.45, 7) is 5.62. The number of esters is 1. The van der Waals surface area contributed by atoms with Crippen LogP contribution < -0.4 is 4.90 Å². The molecule has 0 saturated heterocycles. The second kappa shape index (κ2) is 8.15. The van der Waals surface area contributed by atoms with Crippen molar-refractivity contribution in [2.45, 2.75) is 13.8 Å². The smallest absolute Gasteiger partial charge is 0.339 e. The summed E-state index contributed by atoms with van der Waals surface area (Å²) in [7, 11) is 1.39. The number of halogens is 2. The molecule has 2 aromatic carbocycles. The van der Waals surface area contributed by atoms with Gasteiger partial charge in [-0.05, 0) is 49.1 Å². The highest BCUT2D eigenvalue weighted by molar-refractivity contribution is 6.35. The van der Waals surface area contributed by atoms with Crippen LogP contribution in [0.25, 0.3) is 21.9 Å². The largest absolute Gasteiger partial charge is 0.465 e. The van der Waals surface area contributed by atoms with Crippen LogP contribution in [0.3, 0.4) is 0 Å². The van der Waals surface area contributed by atoms with Crippen LogP contribution in [0.15, 0.2) is 42.7 Å². The number of rotatable bonds is 5. The number of fused-ring (bicyclic) bond motifs is 1. The summed E-state index contributed by atoms with van der Waals surface area (Å²) in [4.78, 5) is 18.9. The molecule has 27 heavy (non-hydrogen) atoms. The molecule has 0 aliphatic rings. The molecule has 3 aromatic rings. The number of pyridine rings is 1. The number of hydrogen-bond acceptors (Lipinski definition) is 4. The Morgan fingerprint density at radius 2 is 1.70 bits per heavy atom. The third-order valence-electron chi connectivity index (χ3n) is 4.57. The third-order valence-corrected chi connectivity index (χ3v) is 5.01. The minimum Gasteiger partial charge on any atom is -0.465 e. The van der Waals surface area contributed by atoms with Gasteiger partial charge in [0.05, 0.1) is 18.4 Å². The molecule has 0 fully saturated rings. The van der Waals surface area contributed by atoms with E-state index in [-0.39, 0.29) is 5.97 Å². The molecule has 0 bridgehead atoms. The van der Waals surface area contributed by atoms with Gasteiger partial charge in [0.15, 0.2) is 0 Å². The van der Waals surface area contributed by atoms with Gasteiger partial charge in [-0.3, -0.25) is 4.98 Å². The van der Waals surface area contributed by atoms with E-state index in [2.05, 4.69) is 23.7 Å². The molecular weight excluding hydrogens is 383 g/mol. The zero-order valence-corrected chi connectivity index (χ0v) is 16.9. The molecule has 1 aromatic heterocycles. The fourth-order valence-electron chi connectivity index (χ4n) is 3.32. The highest BCUT2D eigenvalue weighted by Gasteiger charge is 2.20. The van der Waals surface area contributed by atoms with E-state index in [0.29, 0.717) is 15.6 Å². The van der Waals surface area contributed by atoms with Gasteiger partial charge in [0, 0.05) is 46.5 Å². The molecule has 140 valence electrons. The van der Waals surface area contributed by atoms with Crippen molar-refractivity contribution in [1.82, 2.24) is 4.98 Å². The molecule has 3 rings (SSSR count). The molecule has 6 heteroatoms. The molecule has 0 saturated carbocycles. The van der Waals surface area contributed by atoms with Crippen LogP contribution in [-0.4, -0.2) is 31.2 Å². The molecule has 4 nitrogen and oxygen atoms in total. The van der Waals surface area contributed by atoms with Gasteiger partial charge in [-0.2, -0.15) is 0 Å². The lowest BCUT2D eigenvalue weighted by Crippen LogP contribution is -2.25. The molecule has 0 unspecified atom stereocenters. The number of benzene rings is 2. The first-order chi connectivity index (χ1) is 13.0. The normalized spacial score (nSPS) is 10.9. The van der Waals surface area contributed by atoms with E-state index in [0.717, 1.165) is 40.7 Å². The lowest BCUT2D eigenvalue weighted by molar-refractivity contribution is 0.0601. The monoisotopic (exact) mass is 402 g/mol. The Labute approximate surface area is 168 Å². The van der Waals surface area contributed by atoms with Crippen molar-refractivity contribution in [2.75, 3.05) is 25.1 Å². The average molecular weight is 403 g/mol. The maximum absolute atomic E-state index is 12.4. The van der Waals surface area contributed by atoms with Crippen molar-refractivity contribution in [2.24, 2.45) is 0 Å². The van der Waals surface area contributed by atoms with Crippen LogP contribution in [0, 0.1) is 0 Å². The summed E-state index contributed by atoms with van der Waals surface area (Å²) in [5.41, 5.74) is 3.13. The lowest BCUT2D eigenvalue weighted by Gasteiger charge is -2.25. The van der Waals surface area contributed by atoms with Crippen molar-refractivity contribution >= 4 is 45.6 Å². The number of aromatic nitrogens is 1. The predicted octanol–water partition coefficient (Wildman–Crippen LogP) is 5.84. The molecule has 0 spiro atoms. The minimum absolute atomic E-state index is 0.366. The highest BCUT2D eigenvalue weighted by atomic mass is 35.5. The SMILES string of the molecule is CCN(CC)c1c(C(=O)OC)ccc2c(-c3cc(Cl)cc(Cl)c3)cncc12. The molecule has 0 aliphatic heterocycles. The van der Waals surface area contributed by atoms with Gasteiger partial charge in [0.1, 0.15) is 0 Å². The Hall–Kier alpha value is -2.30. The number of carbonyl (C=O) groups is 1.